The van der Waals surface area contributed by atoms with E-state index in [-0.39, 0.29) is 17.9 Å². The predicted molar refractivity (Wildman–Crippen MR) is 121 cm³/mol. The van der Waals surface area contributed by atoms with Crippen LogP contribution in [0.25, 0.3) is 5.76 Å². The summed E-state index contributed by atoms with van der Waals surface area (Å²) in [4.78, 5) is 28.5. The Morgan fingerprint density at radius 1 is 1.16 bits per heavy atom. The fourth-order valence-electron chi connectivity index (χ4n) is 4.15. The maximum atomic E-state index is 13.6. The van der Waals surface area contributed by atoms with E-state index in [1.54, 1.807) is 6.07 Å². The van der Waals surface area contributed by atoms with Crippen LogP contribution in [0, 0.1) is 19.7 Å². The summed E-state index contributed by atoms with van der Waals surface area (Å²) in [5, 5.41) is 13.2. The van der Waals surface area contributed by atoms with Gasteiger partial charge >= 0.3 is 0 Å². The van der Waals surface area contributed by atoms with Crippen LogP contribution in [0.15, 0.2) is 59.5 Å². The van der Waals surface area contributed by atoms with Gasteiger partial charge in [0.05, 0.1) is 30.8 Å². The van der Waals surface area contributed by atoms with Crippen molar-refractivity contribution in [3.63, 3.8) is 0 Å². The third-order valence-electron chi connectivity index (χ3n) is 5.51. The second-order valence-corrected chi connectivity index (χ2v) is 8.75. The zero-order valence-corrected chi connectivity index (χ0v) is 18.7. The van der Waals surface area contributed by atoms with Crippen LogP contribution in [-0.2, 0) is 16.1 Å². The molecule has 0 radical (unpaired) electrons. The molecule has 0 saturated carbocycles. The fourth-order valence-corrected chi connectivity index (χ4v) is 4.85. The maximum Gasteiger partial charge on any atom is 0.295 e. The quantitative estimate of drug-likeness (QED) is 0.332. The average molecular weight is 452 g/mol. The van der Waals surface area contributed by atoms with Crippen molar-refractivity contribution < 1.29 is 23.8 Å². The first-order chi connectivity index (χ1) is 15.3. The van der Waals surface area contributed by atoms with Gasteiger partial charge in [-0.3, -0.25) is 9.59 Å². The molecule has 0 spiro atoms. The van der Waals surface area contributed by atoms with Gasteiger partial charge in [-0.05, 0) is 60.2 Å². The summed E-state index contributed by atoms with van der Waals surface area (Å²) in [5.41, 5.74) is 2.50. The van der Waals surface area contributed by atoms with E-state index in [0.717, 1.165) is 16.0 Å². The molecule has 1 aromatic heterocycles. The number of aliphatic hydroxyl groups excluding tert-OH is 1. The maximum absolute atomic E-state index is 13.6. The van der Waals surface area contributed by atoms with Crippen molar-refractivity contribution in [2.75, 3.05) is 7.11 Å². The highest BCUT2D eigenvalue weighted by Crippen LogP contribution is 2.42. The van der Waals surface area contributed by atoms with Gasteiger partial charge in [-0.1, -0.05) is 24.3 Å². The van der Waals surface area contributed by atoms with Crippen molar-refractivity contribution >= 4 is 28.8 Å². The monoisotopic (exact) mass is 451 g/mol. The minimum atomic E-state index is -0.858. The lowest BCUT2D eigenvalue weighted by Gasteiger charge is -2.25. The van der Waals surface area contributed by atoms with E-state index in [1.165, 1.54) is 47.6 Å². The summed E-state index contributed by atoms with van der Waals surface area (Å²) in [6, 6.07) is 12.1. The smallest absolute Gasteiger partial charge is 0.295 e. The Bertz CT molecular complexity index is 1220. The van der Waals surface area contributed by atoms with Crippen LogP contribution in [0.1, 0.15) is 33.2 Å². The number of ether oxygens (including phenoxy) is 1. The molecular formula is C25H22FNO4S. The molecule has 1 N–H and O–H groups in total. The van der Waals surface area contributed by atoms with Crippen molar-refractivity contribution in [1.29, 1.82) is 0 Å². The van der Waals surface area contributed by atoms with Crippen LogP contribution in [0.5, 0.6) is 5.75 Å². The topological polar surface area (TPSA) is 66.8 Å². The minimum Gasteiger partial charge on any atom is -0.507 e. The van der Waals surface area contributed by atoms with Gasteiger partial charge in [0, 0.05) is 4.88 Å². The lowest BCUT2D eigenvalue weighted by atomic mass is 9.93. The van der Waals surface area contributed by atoms with Crippen LogP contribution in [0.4, 0.5) is 4.39 Å². The number of likely N-dealkylation sites (tertiary alicyclic amines) is 1. The molecule has 1 amide bonds. The zero-order valence-electron chi connectivity index (χ0n) is 17.9. The molecule has 32 heavy (non-hydrogen) atoms. The molecule has 1 fully saturated rings. The summed E-state index contributed by atoms with van der Waals surface area (Å²) in [7, 11) is 1.49. The van der Waals surface area contributed by atoms with E-state index >= 15 is 0 Å². The molecule has 3 aromatic rings. The Hall–Kier alpha value is -3.45. The zero-order chi connectivity index (χ0) is 23.0. The molecule has 5 nitrogen and oxygen atoms in total. The molecule has 2 aromatic carbocycles. The number of hydrogen-bond donors (Lipinski definition) is 1. The highest BCUT2D eigenvalue weighted by molar-refractivity contribution is 7.09. The standard InChI is InChI=1S/C25H22FNO4S/c1-14-11-15(2)24(31-3)19(12-14)22(28)20-21(16-6-8-17(26)9-7-16)27(25(30)23(20)29)13-18-5-4-10-32-18/h4-12,21,28H,13H2,1-3H3/b22-20+. The number of carbonyl (C=O) groups excluding carboxylic acids is 2. The van der Waals surface area contributed by atoms with Crippen LogP contribution < -0.4 is 4.74 Å². The largest absolute Gasteiger partial charge is 0.507 e. The Balaban J connectivity index is 1.93. The SMILES string of the molecule is COc1c(C)cc(C)cc1/C(O)=C1\C(=O)C(=O)N(Cc2cccs2)C1c1ccc(F)cc1. The molecule has 2 heterocycles. The summed E-state index contributed by atoms with van der Waals surface area (Å²) in [5.74, 6) is -1.81. The molecule has 1 aliphatic heterocycles. The van der Waals surface area contributed by atoms with Crippen LogP contribution >= 0.6 is 11.3 Å². The number of hydrogen-bond acceptors (Lipinski definition) is 5. The molecule has 1 unspecified atom stereocenters. The molecule has 7 heteroatoms. The number of Topliss-reactive ketones (excluding diaryl/α,β-unsaturated/α-hetero) is 1. The second kappa shape index (κ2) is 8.59. The molecule has 1 atom stereocenters. The lowest BCUT2D eigenvalue weighted by Crippen LogP contribution is -2.28. The predicted octanol–water partition coefficient (Wildman–Crippen LogP) is 5.13. The van der Waals surface area contributed by atoms with E-state index in [0.29, 0.717) is 16.9 Å². The summed E-state index contributed by atoms with van der Waals surface area (Å²) >= 11 is 1.46. The van der Waals surface area contributed by atoms with Crippen molar-refractivity contribution in [3.05, 3.63) is 92.4 Å². The van der Waals surface area contributed by atoms with Crippen molar-refractivity contribution in [1.82, 2.24) is 4.90 Å². The average Bonchev–Trinajstić information content (AvgIpc) is 3.36. The summed E-state index contributed by atoms with van der Waals surface area (Å²) in [6.45, 7) is 3.91. The van der Waals surface area contributed by atoms with E-state index in [2.05, 4.69) is 0 Å². The van der Waals surface area contributed by atoms with E-state index in [4.69, 9.17) is 4.74 Å². The lowest BCUT2D eigenvalue weighted by molar-refractivity contribution is -0.140. The van der Waals surface area contributed by atoms with Crippen molar-refractivity contribution in [3.8, 4) is 5.75 Å². The number of carbonyl (C=O) groups is 2. The number of nitrogens with zero attached hydrogens (tertiary/aromatic N) is 1. The molecular weight excluding hydrogens is 429 g/mol. The number of amides is 1. The Morgan fingerprint density at radius 2 is 1.88 bits per heavy atom. The Labute approximate surface area is 189 Å². The molecule has 1 aliphatic rings. The highest BCUT2D eigenvalue weighted by Gasteiger charge is 2.46. The second-order valence-electron chi connectivity index (χ2n) is 7.72. The Morgan fingerprint density at radius 3 is 2.50 bits per heavy atom. The number of methoxy groups -OCH3 is 1. The van der Waals surface area contributed by atoms with E-state index < -0.39 is 23.5 Å². The van der Waals surface area contributed by atoms with Crippen LogP contribution in [0.3, 0.4) is 0 Å². The number of thiophene rings is 1. The normalized spacial score (nSPS) is 17.8. The van der Waals surface area contributed by atoms with Gasteiger partial charge in [-0.2, -0.15) is 0 Å². The van der Waals surface area contributed by atoms with Crippen molar-refractivity contribution in [2.24, 2.45) is 0 Å². The summed E-state index contributed by atoms with van der Waals surface area (Å²) < 4.78 is 19.1. The molecule has 0 aliphatic carbocycles. The van der Waals surface area contributed by atoms with Crippen molar-refractivity contribution in [2.45, 2.75) is 26.4 Å². The van der Waals surface area contributed by atoms with Crippen LogP contribution in [-0.4, -0.2) is 28.8 Å². The molecule has 164 valence electrons. The van der Waals surface area contributed by atoms with E-state index in [1.807, 2.05) is 37.4 Å². The number of halogens is 1. The molecule has 4 rings (SSSR count). The van der Waals surface area contributed by atoms with Gasteiger partial charge in [0.15, 0.2) is 0 Å². The number of rotatable bonds is 5. The first-order valence-electron chi connectivity index (χ1n) is 10.0. The number of aliphatic hydroxyl groups is 1. The third-order valence-corrected chi connectivity index (χ3v) is 6.37. The van der Waals surface area contributed by atoms with Gasteiger partial charge in [0.2, 0.25) is 0 Å². The molecule has 0 bridgehead atoms. The minimum absolute atomic E-state index is 0.0403. The van der Waals surface area contributed by atoms with Gasteiger partial charge in [-0.15, -0.1) is 11.3 Å². The summed E-state index contributed by atoms with van der Waals surface area (Å²) in [6.07, 6.45) is 0. The third kappa shape index (κ3) is 3.80. The van der Waals surface area contributed by atoms with Gasteiger partial charge in [0.25, 0.3) is 11.7 Å². The first-order valence-corrected chi connectivity index (χ1v) is 10.9. The molecule has 1 saturated heterocycles. The highest BCUT2D eigenvalue weighted by atomic mass is 32.1. The van der Waals surface area contributed by atoms with Gasteiger partial charge in [0.1, 0.15) is 17.3 Å². The fraction of sp³-hybridized carbons (Fsp3) is 0.200. The van der Waals surface area contributed by atoms with E-state index in [9.17, 15) is 19.1 Å². The van der Waals surface area contributed by atoms with Crippen LogP contribution in [0.2, 0.25) is 0 Å². The number of benzene rings is 2. The number of aryl methyl sites for hydroxylation is 2. The Kier molecular flexibility index (Phi) is 5.84. The van der Waals surface area contributed by atoms with Gasteiger partial charge < -0.3 is 14.7 Å². The first kappa shape index (κ1) is 21.8. The van der Waals surface area contributed by atoms with Gasteiger partial charge in [-0.25, -0.2) is 4.39 Å². The number of ketones is 1.